The molecule has 78 valence electrons. The first-order valence-electron chi connectivity index (χ1n) is 4.34. The van der Waals surface area contributed by atoms with Crippen LogP contribution in [0.1, 0.15) is 6.92 Å². The van der Waals surface area contributed by atoms with Crippen molar-refractivity contribution in [1.29, 1.82) is 0 Å². The standard InChI is InChI=1S/C10H13BrClNO/c1-7(6-14-2)13-8-3-4-10(12)9(11)5-8/h3-5,7,13H,6H2,1-2H3/t7-/m0/s1. The lowest BCUT2D eigenvalue weighted by Gasteiger charge is -2.14. The van der Waals surface area contributed by atoms with Crippen LogP contribution < -0.4 is 5.32 Å². The fourth-order valence-corrected chi connectivity index (χ4v) is 1.66. The van der Waals surface area contributed by atoms with Gasteiger partial charge in [0.1, 0.15) is 0 Å². The minimum atomic E-state index is 0.285. The summed E-state index contributed by atoms with van der Waals surface area (Å²) in [6.07, 6.45) is 0. The zero-order chi connectivity index (χ0) is 10.6. The van der Waals surface area contributed by atoms with E-state index in [1.54, 1.807) is 7.11 Å². The highest BCUT2D eigenvalue weighted by Crippen LogP contribution is 2.25. The summed E-state index contributed by atoms with van der Waals surface area (Å²) < 4.78 is 5.93. The van der Waals surface area contributed by atoms with Crippen LogP contribution in [0.4, 0.5) is 5.69 Å². The monoisotopic (exact) mass is 277 g/mol. The van der Waals surface area contributed by atoms with E-state index in [4.69, 9.17) is 16.3 Å². The maximum atomic E-state index is 5.88. The van der Waals surface area contributed by atoms with Crippen molar-refractivity contribution in [2.75, 3.05) is 19.0 Å². The predicted octanol–water partition coefficient (Wildman–Crippen LogP) is 3.55. The molecular weight excluding hydrogens is 265 g/mol. The summed E-state index contributed by atoms with van der Waals surface area (Å²) >= 11 is 9.25. The third-order valence-electron chi connectivity index (χ3n) is 1.75. The molecule has 1 N–H and O–H groups in total. The molecular formula is C10H13BrClNO. The van der Waals surface area contributed by atoms with E-state index in [1.165, 1.54) is 0 Å². The zero-order valence-electron chi connectivity index (χ0n) is 8.18. The van der Waals surface area contributed by atoms with Gasteiger partial charge in [0.2, 0.25) is 0 Å². The van der Waals surface area contributed by atoms with E-state index in [1.807, 2.05) is 18.2 Å². The number of anilines is 1. The fraction of sp³-hybridized carbons (Fsp3) is 0.400. The van der Waals surface area contributed by atoms with Crippen molar-refractivity contribution >= 4 is 33.2 Å². The highest BCUT2D eigenvalue weighted by atomic mass is 79.9. The quantitative estimate of drug-likeness (QED) is 0.909. The highest BCUT2D eigenvalue weighted by Gasteiger charge is 2.02. The molecule has 0 heterocycles. The number of rotatable bonds is 4. The molecule has 0 radical (unpaired) electrons. The van der Waals surface area contributed by atoms with Gasteiger partial charge in [0.15, 0.2) is 0 Å². The lowest BCUT2D eigenvalue weighted by molar-refractivity contribution is 0.190. The Labute approximate surface area is 97.7 Å². The number of halogens is 2. The number of benzene rings is 1. The molecule has 0 saturated carbocycles. The van der Waals surface area contributed by atoms with Crippen LogP contribution in [0.25, 0.3) is 0 Å². The summed E-state index contributed by atoms with van der Waals surface area (Å²) in [5.41, 5.74) is 1.03. The minimum absolute atomic E-state index is 0.285. The molecule has 0 aliphatic carbocycles. The van der Waals surface area contributed by atoms with E-state index in [-0.39, 0.29) is 6.04 Å². The Bertz CT molecular complexity index is 306. The van der Waals surface area contributed by atoms with Gasteiger partial charge in [-0.2, -0.15) is 0 Å². The predicted molar refractivity (Wildman–Crippen MR) is 64.1 cm³/mol. The summed E-state index contributed by atoms with van der Waals surface area (Å²) in [7, 11) is 1.69. The molecule has 1 rings (SSSR count). The first-order chi connectivity index (χ1) is 6.63. The Morgan fingerprint density at radius 1 is 1.57 bits per heavy atom. The van der Waals surface area contributed by atoms with Crippen LogP contribution in [-0.2, 0) is 4.74 Å². The molecule has 14 heavy (non-hydrogen) atoms. The molecule has 0 aliphatic rings. The maximum absolute atomic E-state index is 5.88. The van der Waals surface area contributed by atoms with Gasteiger partial charge < -0.3 is 10.1 Å². The zero-order valence-corrected chi connectivity index (χ0v) is 10.5. The molecule has 0 fully saturated rings. The van der Waals surface area contributed by atoms with Crippen molar-refractivity contribution < 1.29 is 4.74 Å². The molecule has 4 heteroatoms. The van der Waals surface area contributed by atoms with E-state index in [0.29, 0.717) is 6.61 Å². The van der Waals surface area contributed by atoms with Crippen LogP contribution in [0.2, 0.25) is 5.02 Å². The van der Waals surface area contributed by atoms with Gasteiger partial charge in [-0.05, 0) is 41.1 Å². The number of ether oxygens (including phenoxy) is 1. The van der Waals surface area contributed by atoms with Gasteiger partial charge in [-0.3, -0.25) is 0 Å². The van der Waals surface area contributed by atoms with Crippen molar-refractivity contribution in [3.05, 3.63) is 27.7 Å². The minimum Gasteiger partial charge on any atom is -0.383 e. The van der Waals surface area contributed by atoms with Crippen molar-refractivity contribution in [1.82, 2.24) is 0 Å². The number of hydrogen-bond donors (Lipinski definition) is 1. The molecule has 0 amide bonds. The second-order valence-corrected chi connectivity index (χ2v) is 4.39. The van der Waals surface area contributed by atoms with E-state index in [0.717, 1.165) is 15.2 Å². The average Bonchev–Trinajstić information content (AvgIpc) is 2.12. The summed E-state index contributed by atoms with van der Waals surface area (Å²) in [6, 6.07) is 6.04. The van der Waals surface area contributed by atoms with E-state index >= 15 is 0 Å². The first kappa shape index (κ1) is 11.8. The third-order valence-corrected chi connectivity index (χ3v) is 2.96. The van der Waals surface area contributed by atoms with Gasteiger partial charge in [-0.25, -0.2) is 0 Å². The highest BCUT2D eigenvalue weighted by molar-refractivity contribution is 9.10. The Balaban J connectivity index is 2.63. The normalized spacial score (nSPS) is 12.6. The second-order valence-electron chi connectivity index (χ2n) is 3.13. The SMILES string of the molecule is COC[C@H](C)Nc1ccc(Cl)c(Br)c1. The largest absolute Gasteiger partial charge is 0.383 e. The van der Waals surface area contributed by atoms with Crippen LogP contribution in [-0.4, -0.2) is 19.8 Å². The molecule has 2 nitrogen and oxygen atoms in total. The van der Waals surface area contributed by atoms with Crippen LogP contribution >= 0.6 is 27.5 Å². The van der Waals surface area contributed by atoms with E-state index in [2.05, 4.69) is 28.2 Å². The average molecular weight is 279 g/mol. The lowest BCUT2D eigenvalue weighted by atomic mass is 10.3. The van der Waals surface area contributed by atoms with Gasteiger partial charge >= 0.3 is 0 Å². The summed E-state index contributed by atoms with van der Waals surface area (Å²) in [4.78, 5) is 0. The number of methoxy groups -OCH3 is 1. The van der Waals surface area contributed by atoms with Gasteiger partial charge in [0.25, 0.3) is 0 Å². The molecule has 1 aromatic carbocycles. The van der Waals surface area contributed by atoms with Gasteiger partial charge in [0, 0.05) is 23.3 Å². The summed E-state index contributed by atoms with van der Waals surface area (Å²) in [6.45, 7) is 2.74. The number of nitrogens with one attached hydrogen (secondary N) is 1. The van der Waals surface area contributed by atoms with Crippen molar-refractivity contribution in [2.45, 2.75) is 13.0 Å². The molecule has 1 atom stereocenters. The Kier molecular flexibility index (Phi) is 4.72. The molecule has 0 aromatic heterocycles. The lowest BCUT2D eigenvalue weighted by Crippen LogP contribution is -2.20. The molecule has 0 unspecified atom stereocenters. The van der Waals surface area contributed by atoms with Crippen LogP contribution in [0.15, 0.2) is 22.7 Å². The maximum Gasteiger partial charge on any atom is 0.0661 e. The summed E-state index contributed by atoms with van der Waals surface area (Å²) in [5.74, 6) is 0. The third kappa shape index (κ3) is 3.48. The van der Waals surface area contributed by atoms with Crippen molar-refractivity contribution in [3.8, 4) is 0 Å². The molecule has 0 bridgehead atoms. The van der Waals surface area contributed by atoms with E-state index < -0.39 is 0 Å². The van der Waals surface area contributed by atoms with Crippen molar-refractivity contribution in [3.63, 3.8) is 0 Å². The number of hydrogen-bond acceptors (Lipinski definition) is 2. The van der Waals surface area contributed by atoms with Crippen LogP contribution in [0.5, 0.6) is 0 Å². The fourth-order valence-electron chi connectivity index (χ4n) is 1.16. The Morgan fingerprint density at radius 3 is 2.86 bits per heavy atom. The Hall–Kier alpha value is -0.250. The Morgan fingerprint density at radius 2 is 2.29 bits per heavy atom. The second kappa shape index (κ2) is 5.59. The van der Waals surface area contributed by atoms with E-state index in [9.17, 15) is 0 Å². The topological polar surface area (TPSA) is 21.3 Å². The van der Waals surface area contributed by atoms with Gasteiger partial charge in [0.05, 0.1) is 11.6 Å². The van der Waals surface area contributed by atoms with Crippen LogP contribution in [0.3, 0.4) is 0 Å². The summed E-state index contributed by atoms with van der Waals surface area (Å²) in [5, 5.41) is 4.01. The first-order valence-corrected chi connectivity index (χ1v) is 5.51. The van der Waals surface area contributed by atoms with Gasteiger partial charge in [-0.1, -0.05) is 11.6 Å². The molecule has 0 saturated heterocycles. The van der Waals surface area contributed by atoms with Crippen molar-refractivity contribution in [2.24, 2.45) is 0 Å². The molecule has 0 spiro atoms. The van der Waals surface area contributed by atoms with Crippen LogP contribution in [0, 0.1) is 0 Å². The van der Waals surface area contributed by atoms with Gasteiger partial charge in [-0.15, -0.1) is 0 Å². The molecule has 0 aliphatic heterocycles. The molecule has 1 aromatic rings. The smallest absolute Gasteiger partial charge is 0.0661 e.